The molecule has 1 aromatic heterocycles. The Balaban J connectivity index is 1.68. The summed E-state index contributed by atoms with van der Waals surface area (Å²) in [5, 5.41) is 11.1. The zero-order valence-electron chi connectivity index (χ0n) is 14.8. The molecule has 8 nitrogen and oxygen atoms in total. The lowest BCUT2D eigenvalue weighted by Crippen LogP contribution is -2.24. The SMILES string of the molecule is CC(Sc1nncn1C1CC1)C(=O)Nc1cccc(S(=O)(=O)N(C)C)c1. The van der Waals surface area contributed by atoms with Crippen LogP contribution >= 0.6 is 11.8 Å². The first-order valence-electron chi connectivity index (χ1n) is 8.18. The number of anilines is 1. The molecule has 2 aromatic rings. The van der Waals surface area contributed by atoms with E-state index in [-0.39, 0.29) is 10.8 Å². The van der Waals surface area contributed by atoms with E-state index in [9.17, 15) is 13.2 Å². The molecule has 1 saturated carbocycles. The molecule has 1 aliphatic rings. The number of hydrogen-bond acceptors (Lipinski definition) is 6. The van der Waals surface area contributed by atoms with E-state index in [1.165, 1.54) is 38.0 Å². The van der Waals surface area contributed by atoms with Crippen LogP contribution in [0.25, 0.3) is 0 Å². The first-order valence-corrected chi connectivity index (χ1v) is 10.5. The van der Waals surface area contributed by atoms with Crippen LogP contribution < -0.4 is 5.32 Å². The van der Waals surface area contributed by atoms with Gasteiger partial charge in [-0.2, -0.15) is 0 Å². The molecule has 0 radical (unpaired) electrons. The molecule has 1 amide bonds. The highest BCUT2D eigenvalue weighted by atomic mass is 32.2. The molecule has 0 aliphatic heterocycles. The van der Waals surface area contributed by atoms with Gasteiger partial charge in [-0.25, -0.2) is 12.7 Å². The van der Waals surface area contributed by atoms with Crippen molar-refractivity contribution in [1.29, 1.82) is 0 Å². The van der Waals surface area contributed by atoms with Gasteiger partial charge in [-0.3, -0.25) is 4.79 Å². The number of rotatable bonds is 7. The molecule has 26 heavy (non-hydrogen) atoms. The number of thioether (sulfide) groups is 1. The molecule has 3 rings (SSSR count). The topological polar surface area (TPSA) is 97.2 Å². The maximum atomic E-state index is 12.5. The summed E-state index contributed by atoms with van der Waals surface area (Å²) < 4.78 is 27.6. The van der Waals surface area contributed by atoms with Crippen LogP contribution in [0.2, 0.25) is 0 Å². The summed E-state index contributed by atoms with van der Waals surface area (Å²) in [4.78, 5) is 12.6. The number of carbonyl (C=O) groups is 1. The molecule has 140 valence electrons. The van der Waals surface area contributed by atoms with Gasteiger partial charge >= 0.3 is 0 Å². The Labute approximate surface area is 157 Å². The maximum absolute atomic E-state index is 12.5. The van der Waals surface area contributed by atoms with Gasteiger partial charge in [0.15, 0.2) is 5.16 Å². The van der Waals surface area contributed by atoms with Crippen molar-refractivity contribution in [3.05, 3.63) is 30.6 Å². The maximum Gasteiger partial charge on any atom is 0.242 e. The molecule has 1 N–H and O–H groups in total. The minimum atomic E-state index is -3.55. The molecule has 0 saturated heterocycles. The molecular weight excluding hydrogens is 374 g/mol. The Morgan fingerprint density at radius 1 is 1.38 bits per heavy atom. The quantitative estimate of drug-likeness (QED) is 0.720. The van der Waals surface area contributed by atoms with Crippen molar-refractivity contribution in [3.8, 4) is 0 Å². The summed E-state index contributed by atoms with van der Waals surface area (Å²) in [6.45, 7) is 1.78. The van der Waals surface area contributed by atoms with Crippen molar-refractivity contribution < 1.29 is 13.2 Å². The Morgan fingerprint density at radius 2 is 2.12 bits per heavy atom. The fourth-order valence-corrected chi connectivity index (χ4v) is 4.16. The van der Waals surface area contributed by atoms with Crippen molar-refractivity contribution >= 4 is 33.4 Å². The van der Waals surface area contributed by atoms with Crippen molar-refractivity contribution in [3.63, 3.8) is 0 Å². The molecule has 1 atom stereocenters. The standard InChI is InChI=1S/C16H21N5O3S2/c1-11(25-16-19-17-10-21(16)13-7-8-13)15(22)18-12-5-4-6-14(9-12)26(23,24)20(2)3/h4-6,9-11,13H,7-8H2,1-3H3,(H,18,22). The number of nitrogens with zero attached hydrogens (tertiary/aromatic N) is 4. The number of aromatic nitrogens is 3. The highest BCUT2D eigenvalue weighted by Crippen LogP contribution is 2.38. The van der Waals surface area contributed by atoms with E-state index in [1.807, 2.05) is 4.57 Å². The molecule has 0 spiro atoms. The predicted octanol–water partition coefficient (Wildman–Crippen LogP) is 1.98. The van der Waals surface area contributed by atoms with E-state index in [2.05, 4.69) is 15.5 Å². The van der Waals surface area contributed by atoms with Crippen LogP contribution in [0.1, 0.15) is 25.8 Å². The van der Waals surface area contributed by atoms with Gasteiger partial charge in [0.25, 0.3) is 0 Å². The van der Waals surface area contributed by atoms with Crippen LogP contribution in [-0.4, -0.2) is 52.7 Å². The van der Waals surface area contributed by atoms with E-state index in [1.54, 1.807) is 25.4 Å². The molecule has 1 fully saturated rings. The molecule has 0 bridgehead atoms. The number of carbonyl (C=O) groups excluding carboxylic acids is 1. The molecule has 1 heterocycles. The fraction of sp³-hybridized carbons (Fsp3) is 0.438. The van der Waals surface area contributed by atoms with Gasteiger partial charge in [-0.05, 0) is 38.0 Å². The average molecular weight is 396 g/mol. The van der Waals surface area contributed by atoms with Crippen LogP contribution in [0.5, 0.6) is 0 Å². The smallest absolute Gasteiger partial charge is 0.242 e. The van der Waals surface area contributed by atoms with E-state index >= 15 is 0 Å². The predicted molar refractivity (Wildman–Crippen MR) is 99.6 cm³/mol. The Hall–Kier alpha value is -1.91. The summed E-state index contributed by atoms with van der Waals surface area (Å²) in [6, 6.07) is 6.67. The lowest BCUT2D eigenvalue weighted by molar-refractivity contribution is -0.115. The van der Waals surface area contributed by atoms with Gasteiger partial charge in [0, 0.05) is 25.8 Å². The molecule has 1 unspecified atom stereocenters. The lowest BCUT2D eigenvalue weighted by atomic mass is 10.3. The van der Waals surface area contributed by atoms with Gasteiger partial charge in [0.05, 0.1) is 10.1 Å². The minimum absolute atomic E-state index is 0.133. The van der Waals surface area contributed by atoms with Gasteiger partial charge in [0.2, 0.25) is 15.9 Å². The van der Waals surface area contributed by atoms with E-state index < -0.39 is 15.3 Å². The highest BCUT2D eigenvalue weighted by Gasteiger charge is 2.28. The molecule has 1 aromatic carbocycles. The van der Waals surface area contributed by atoms with Crippen LogP contribution in [0, 0.1) is 0 Å². The van der Waals surface area contributed by atoms with Gasteiger partial charge in [0.1, 0.15) is 6.33 Å². The molecule has 1 aliphatic carbocycles. The minimum Gasteiger partial charge on any atom is -0.325 e. The van der Waals surface area contributed by atoms with Crippen molar-refractivity contribution in [2.75, 3.05) is 19.4 Å². The van der Waals surface area contributed by atoms with Gasteiger partial charge in [-0.15, -0.1) is 10.2 Å². The third kappa shape index (κ3) is 4.08. The zero-order valence-corrected chi connectivity index (χ0v) is 16.4. The third-order valence-electron chi connectivity index (χ3n) is 4.01. The first-order chi connectivity index (χ1) is 12.3. The second-order valence-corrected chi connectivity index (χ2v) is 9.78. The van der Waals surface area contributed by atoms with Crippen LogP contribution in [-0.2, 0) is 14.8 Å². The number of hydrogen-bond donors (Lipinski definition) is 1. The van der Waals surface area contributed by atoms with Crippen LogP contribution in [0.15, 0.2) is 40.6 Å². The van der Waals surface area contributed by atoms with Gasteiger partial charge < -0.3 is 9.88 Å². The summed E-state index contributed by atoms with van der Waals surface area (Å²) in [7, 11) is -0.614. The van der Waals surface area contributed by atoms with Gasteiger partial charge in [-0.1, -0.05) is 17.8 Å². The highest BCUT2D eigenvalue weighted by molar-refractivity contribution is 8.00. The normalized spacial score (nSPS) is 15.8. The summed E-state index contributed by atoms with van der Waals surface area (Å²) in [5.74, 6) is -0.222. The van der Waals surface area contributed by atoms with Crippen molar-refractivity contribution in [2.24, 2.45) is 0 Å². The van der Waals surface area contributed by atoms with Crippen LogP contribution in [0.4, 0.5) is 5.69 Å². The van der Waals surface area contributed by atoms with Crippen molar-refractivity contribution in [2.45, 2.75) is 41.1 Å². The number of amides is 1. The zero-order chi connectivity index (χ0) is 18.9. The Kier molecular flexibility index (Phi) is 5.35. The summed E-state index contributed by atoms with van der Waals surface area (Å²) in [6.07, 6.45) is 3.92. The summed E-state index contributed by atoms with van der Waals surface area (Å²) in [5.41, 5.74) is 0.439. The van der Waals surface area contributed by atoms with Crippen molar-refractivity contribution in [1.82, 2.24) is 19.1 Å². The number of sulfonamides is 1. The first kappa shape index (κ1) is 18.9. The molecular formula is C16H21N5O3S2. The van der Waals surface area contributed by atoms with Crippen LogP contribution in [0.3, 0.4) is 0 Å². The summed E-state index contributed by atoms with van der Waals surface area (Å²) >= 11 is 1.34. The number of nitrogens with one attached hydrogen (secondary N) is 1. The monoisotopic (exact) mass is 395 g/mol. The fourth-order valence-electron chi connectivity index (χ4n) is 2.32. The second kappa shape index (κ2) is 7.37. The Morgan fingerprint density at radius 3 is 2.77 bits per heavy atom. The third-order valence-corrected chi connectivity index (χ3v) is 6.89. The number of benzene rings is 1. The van der Waals surface area contributed by atoms with E-state index in [4.69, 9.17) is 0 Å². The average Bonchev–Trinajstić information content (AvgIpc) is 3.34. The van der Waals surface area contributed by atoms with E-state index in [0.717, 1.165) is 22.3 Å². The lowest BCUT2D eigenvalue weighted by Gasteiger charge is -2.14. The van der Waals surface area contributed by atoms with E-state index in [0.29, 0.717) is 11.7 Å². The largest absolute Gasteiger partial charge is 0.325 e. The second-order valence-electron chi connectivity index (χ2n) is 6.32. The Bertz CT molecular complexity index is 906. The molecule has 10 heteroatoms.